The summed E-state index contributed by atoms with van der Waals surface area (Å²) in [6, 6.07) is 5.78. The van der Waals surface area contributed by atoms with E-state index in [1.807, 2.05) is 0 Å². The third kappa shape index (κ3) is 3.52. The van der Waals surface area contributed by atoms with Gasteiger partial charge in [0.1, 0.15) is 5.60 Å². The molecule has 2 rings (SSSR count). The highest BCUT2D eigenvalue weighted by Gasteiger charge is 2.40. The third-order valence-electron chi connectivity index (χ3n) is 3.70. The van der Waals surface area contributed by atoms with Gasteiger partial charge in [-0.05, 0) is 46.8 Å². The standard InChI is InChI=1S/C17H22N2O4/c1-10(18-16(22)23-17(3,4)5)11(2)19-14(20)12-8-6-7-9-13(12)15(19)21/h6-11H,1-5H3,(H,18,22)/t10-,11+/m1/s1. The average Bonchev–Trinajstić information content (AvgIpc) is 2.68. The van der Waals surface area contributed by atoms with E-state index in [1.165, 1.54) is 4.90 Å². The molecule has 1 aromatic rings. The first-order valence-electron chi connectivity index (χ1n) is 7.58. The number of rotatable bonds is 3. The SMILES string of the molecule is C[C@@H](NC(=O)OC(C)(C)C)[C@H](C)N1C(=O)c2ccccc2C1=O. The van der Waals surface area contributed by atoms with Gasteiger partial charge in [0.05, 0.1) is 23.2 Å². The van der Waals surface area contributed by atoms with Crippen LogP contribution >= 0.6 is 0 Å². The molecule has 0 unspecified atom stereocenters. The maximum Gasteiger partial charge on any atom is 0.407 e. The maximum absolute atomic E-state index is 12.4. The zero-order valence-electron chi connectivity index (χ0n) is 14.0. The van der Waals surface area contributed by atoms with Gasteiger partial charge in [-0.15, -0.1) is 0 Å². The fourth-order valence-electron chi connectivity index (χ4n) is 2.42. The Bertz CT molecular complexity index is 613. The maximum atomic E-state index is 12.4. The van der Waals surface area contributed by atoms with Gasteiger partial charge in [0.25, 0.3) is 11.8 Å². The second-order valence-corrected chi connectivity index (χ2v) is 6.70. The van der Waals surface area contributed by atoms with Crippen molar-refractivity contribution in [2.24, 2.45) is 0 Å². The van der Waals surface area contributed by atoms with E-state index in [0.29, 0.717) is 11.1 Å². The summed E-state index contributed by atoms with van der Waals surface area (Å²) >= 11 is 0. The summed E-state index contributed by atoms with van der Waals surface area (Å²) in [5.74, 6) is -0.674. The lowest BCUT2D eigenvalue weighted by Crippen LogP contribution is -2.51. The molecule has 6 heteroatoms. The van der Waals surface area contributed by atoms with Gasteiger partial charge in [-0.2, -0.15) is 0 Å². The van der Waals surface area contributed by atoms with Crippen molar-refractivity contribution in [3.05, 3.63) is 35.4 Å². The Morgan fingerprint density at radius 1 is 1.09 bits per heavy atom. The molecule has 0 aromatic heterocycles. The molecule has 1 heterocycles. The second kappa shape index (κ2) is 6.02. The van der Waals surface area contributed by atoms with Crippen molar-refractivity contribution >= 4 is 17.9 Å². The lowest BCUT2D eigenvalue weighted by atomic mass is 10.1. The van der Waals surface area contributed by atoms with Crippen LogP contribution in [0.2, 0.25) is 0 Å². The molecule has 0 saturated heterocycles. The Hall–Kier alpha value is -2.37. The van der Waals surface area contributed by atoms with Gasteiger partial charge in [0.2, 0.25) is 0 Å². The van der Waals surface area contributed by atoms with Crippen molar-refractivity contribution in [2.75, 3.05) is 0 Å². The molecule has 23 heavy (non-hydrogen) atoms. The van der Waals surface area contributed by atoms with E-state index in [0.717, 1.165) is 0 Å². The number of imide groups is 1. The first-order chi connectivity index (χ1) is 10.6. The summed E-state index contributed by atoms with van der Waals surface area (Å²) in [6.45, 7) is 8.77. The van der Waals surface area contributed by atoms with Crippen LogP contribution in [-0.4, -0.2) is 40.5 Å². The first kappa shape index (κ1) is 17.0. The van der Waals surface area contributed by atoms with Crippen molar-refractivity contribution in [1.29, 1.82) is 0 Å². The van der Waals surface area contributed by atoms with Crippen LogP contribution in [-0.2, 0) is 4.74 Å². The number of benzene rings is 1. The number of ether oxygens (including phenoxy) is 1. The molecule has 0 fully saturated rings. The lowest BCUT2D eigenvalue weighted by molar-refractivity contribution is 0.0431. The number of hydrogen-bond donors (Lipinski definition) is 1. The molecule has 1 aromatic carbocycles. The summed E-state index contributed by atoms with van der Waals surface area (Å²) in [7, 11) is 0. The van der Waals surface area contributed by atoms with E-state index in [9.17, 15) is 14.4 Å². The highest BCUT2D eigenvalue weighted by Crippen LogP contribution is 2.25. The Morgan fingerprint density at radius 2 is 1.57 bits per heavy atom. The van der Waals surface area contributed by atoms with Crippen molar-refractivity contribution in [1.82, 2.24) is 10.2 Å². The molecule has 0 radical (unpaired) electrons. The number of nitrogens with one attached hydrogen (secondary N) is 1. The van der Waals surface area contributed by atoms with E-state index < -0.39 is 23.8 Å². The van der Waals surface area contributed by atoms with Gasteiger partial charge in [-0.1, -0.05) is 12.1 Å². The minimum Gasteiger partial charge on any atom is -0.444 e. The predicted molar refractivity (Wildman–Crippen MR) is 85.2 cm³/mol. The smallest absolute Gasteiger partial charge is 0.407 e. The van der Waals surface area contributed by atoms with E-state index >= 15 is 0 Å². The third-order valence-corrected chi connectivity index (χ3v) is 3.70. The number of carbonyl (C=O) groups is 3. The number of carbonyl (C=O) groups excluding carboxylic acids is 3. The number of hydrogen-bond acceptors (Lipinski definition) is 4. The van der Waals surface area contributed by atoms with Crippen molar-refractivity contribution in [3.63, 3.8) is 0 Å². The Balaban J connectivity index is 2.09. The number of nitrogens with zero attached hydrogens (tertiary/aromatic N) is 1. The summed E-state index contributed by atoms with van der Waals surface area (Å²) in [6.07, 6.45) is -0.576. The fourth-order valence-corrected chi connectivity index (χ4v) is 2.42. The first-order valence-corrected chi connectivity index (χ1v) is 7.58. The Morgan fingerprint density at radius 3 is 2.00 bits per heavy atom. The Labute approximate surface area is 135 Å². The molecule has 2 atom stereocenters. The number of alkyl carbamates (subject to hydrolysis) is 1. The molecule has 0 spiro atoms. The minimum atomic E-state index is -0.609. The van der Waals surface area contributed by atoms with Crippen LogP contribution in [0.1, 0.15) is 55.3 Å². The van der Waals surface area contributed by atoms with Crippen LogP contribution in [0.3, 0.4) is 0 Å². The molecule has 3 amide bonds. The van der Waals surface area contributed by atoms with Crippen molar-refractivity contribution in [3.8, 4) is 0 Å². The van der Waals surface area contributed by atoms with Gasteiger partial charge in [-0.25, -0.2) is 4.79 Å². The molecule has 1 N–H and O–H groups in total. The van der Waals surface area contributed by atoms with Crippen LogP contribution in [0.15, 0.2) is 24.3 Å². The van der Waals surface area contributed by atoms with E-state index in [-0.39, 0.29) is 11.8 Å². The molecule has 1 aliphatic heterocycles. The Kier molecular flexibility index (Phi) is 4.45. The zero-order chi connectivity index (χ0) is 17.4. The normalized spacial score (nSPS) is 16.8. The monoisotopic (exact) mass is 318 g/mol. The largest absolute Gasteiger partial charge is 0.444 e. The fraction of sp³-hybridized carbons (Fsp3) is 0.471. The quantitative estimate of drug-likeness (QED) is 0.869. The van der Waals surface area contributed by atoms with Crippen LogP contribution in [0.5, 0.6) is 0 Å². The molecule has 124 valence electrons. The molecule has 0 saturated carbocycles. The molecule has 6 nitrogen and oxygen atoms in total. The summed E-state index contributed by atoms with van der Waals surface area (Å²) in [5.41, 5.74) is 0.186. The van der Waals surface area contributed by atoms with E-state index in [1.54, 1.807) is 58.9 Å². The molecule has 0 bridgehead atoms. The van der Waals surface area contributed by atoms with Crippen molar-refractivity contribution in [2.45, 2.75) is 52.3 Å². The van der Waals surface area contributed by atoms with Gasteiger partial charge in [-0.3, -0.25) is 14.5 Å². The molecule has 0 aliphatic carbocycles. The predicted octanol–water partition coefficient (Wildman–Crippen LogP) is 2.58. The van der Waals surface area contributed by atoms with E-state index in [4.69, 9.17) is 4.74 Å². The van der Waals surface area contributed by atoms with Crippen LogP contribution < -0.4 is 5.32 Å². The summed E-state index contributed by atoms with van der Waals surface area (Å²) in [4.78, 5) is 37.9. The average molecular weight is 318 g/mol. The molecule has 1 aliphatic rings. The minimum absolute atomic E-state index is 0.337. The van der Waals surface area contributed by atoms with Crippen LogP contribution in [0.25, 0.3) is 0 Å². The van der Waals surface area contributed by atoms with E-state index in [2.05, 4.69) is 5.32 Å². The van der Waals surface area contributed by atoms with Gasteiger partial charge in [0.15, 0.2) is 0 Å². The van der Waals surface area contributed by atoms with Gasteiger partial charge < -0.3 is 10.1 Å². The lowest BCUT2D eigenvalue weighted by Gasteiger charge is -2.29. The highest BCUT2D eigenvalue weighted by molar-refractivity contribution is 6.21. The molecular weight excluding hydrogens is 296 g/mol. The summed E-state index contributed by atoms with van der Waals surface area (Å²) < 4.78 is 5.20. The second-order valence-electron chi connectivity index (χ2n) is 6.70. The zero-order valence-corrected chi connectivity index (χ0v) is 14.0. The molecular formula is C17H22N2O4. The van der Waals surface area contributed by atoms with Gasteiger partial charge in [0, 0.05) is 0 Å². The number of fused-ring (bicyclic) bond motifs is 1. The number of amides is 3. The van der Waals surface area contributed by atoms with Crippen molar-refractivity contribution < 1.29 is 19.1 Å². The summed E-state index contributed by atoms with van der Waals surface area (Å²) in [5, 5.41) is 2.67. The van der Waals surface area contributed by atoms with Crippen LogP contribution in [0.4, 0.5) is 4.79 Å². The van der Waals surface area contributed by atoms with Crippen LogP contribution in [0, 0.1) is 0 Å². The highest BCUT2D eigenvalue weighted by atomic mass is 16.6. The topological polar surface area (TPSA) is 75.7 Å². The van der Waals surface area contributed by atoms with Gasteiger partial charge >= 0.3 is 6.09 Å².